The zero-order valence-electron chi connectivity index (χ0n) is 11.0. The molecule has 1 N–H and O–H groups in total. The van der Waals surface area contributed by atoms with Crippen LogP contribution in [-0.4, -0.2) is 31.8 Å². The largest absolute Gasteiger partial charge is 0.383 e. The molecular weight excluding hydrogens is 212 g/mol. The van der Waals surface area contributed by atoms with Gasteiger partial charge < -0.3 is 10.1 Å². The van der Waals surface area contributed by atoms with E-state index in [1.54, 1.807) is 7.11 Å². The molecule has 3 nitrogen and oxygen atoms in total. The lowest BCUT2D eigenvalue weighted by Gasteiger charge is -2.08. The van der Waals surface area contributed by atoms with Crippen LogP contribution in [0.5, 0.6) is 0 Å². The normalized spacial score (nSPS) is 11.8. The second-order valence-corrected chi connectivity index (χ2v) is 4.06. The van der Waals surface area contributed by atoms with Crippen LogP contribution in [0, 0.1) is 6.92 Å². The third-order valence-corrected chi connectivity index (χ3v) is 2.73. The number of hydrogen-bond acceptors (Lipinski definition) is 3. The fourth-order valence-electron chi connectivity index (χ4n) is 1.55. The Morgan fingerprint density at radius 1 is 1.53 bits per heavy atom. The minimum absolute atomic E-state index is 0.753. The summed E-state index contributed by atoms with van der Waals surface area (Å²) in [6.45, 7) is 6.84. The predicted molar refractivity (Wildman–Crippen MR) is 72.0 cm³/mol. The van der Waals surface area contributed by atoms with Gasteiger partial charge in [-0.2, -0.15) is 0 Å². The van der Waals surface area contributed by atoms with Gasteiger partial charge in [-0.3, -0.25) is 4.98 Å². The molecule has 0 bridgehead atoms. The van der Waals surface area contributed by atoms with E-state index in [-0.39, 0.29) is 0 Å². The van der Waals surface area contributed by atoms with Gasteiger partial charge in [0, 0.05) is 32.6 Å². The van der Waals surface area contributed by atoms with Crippen molar-refractivity contribution in [2.75, 3.05) is 26.8 Å². The molecule has 0 aliphatic heterocycles. The molecule has 1 aromatic heterocycles. The third kappa shape index (κ3) is 5.11. The maximum Gasteiger partial charge on any atom is 0.0587 e. The molecule has 0 aromatic carbocycles. The molecule has 0 fully saturated rings. The second-order valence-electron chi connectivity index (χ2n) is 4.06. The van der Waals surface area contributed by atoms with Crippen molar-refractivity contribution in [1.29, 1.82) is 0 Å². The van der Waals surface area contributed by atoms with E-state index in [0.29, 0.717) is 0 Å². The van der Waals surface area contributed by atoms with Crippen molar-refractivity contribution in [3.63, 3.8) is 0 Å². The molecule has 1 aromatic rings. The van der Waals surface area contributed by atoms with Crippen LogP contribution >= 0.6 is 0 Å². The van der Waals surface area contributed by atoms with Gasteiger partial charge in [-0.1, -0.05) is 18.6 Å². The van der Waals surface area contributed by atoms with Crippen molar-refractivity contribution in [1.82, 2.24) is 10.3 Å². The molecule has 3 heteroatoms. The van der Waals surface area contributed by atoms with Gasteiger partial charge in [0.05, 0.1) is 6.61 Å². The zero-order chi connectivity index (χ0) is 12.5. The van der Waals surface area contributed by atoms with Crippen molar-refractivity contribution < 1.29 is 4.74 Å². The highest BCUT2D eigenvalue weighted by Crippen LogP contribution is 2.12. The summed E-state index contributed by atoms with van der Waals surface area (Å²) in [5.41, 5.74) is 3.86. The fraction of sp³-hybridized carbons (Fsp3) is 0.500. The van der Waals surface area contributed by atoms with Crippen LogP contribution in [0.3, 0.4) is 0 Å². The van der Waals surface area contributed by atoms with E-state index in [4.69, 9.17) is 4.74 Å². The minimum atomic E-state index is 0.753. The molecule has 0 radical (unpaired) electrons. The number of ether oxygens (including phenoxy) is 1. The van der Waals surface area contributed by atoms with Crippen LogP contribution in [0.15, 0.2) is 24.0 Å². The summed E-state index contributed by atoms with van der Waals surface area (Å²) in [7, 11) is 1.72. The lowest BCUT2D eigenvalue weighted by Crippen LogP contribution is -2.21. The topological polar surface area (TPSA) is 34.2 Å². The SMILES string of the molecule is CC/C(=C/c1cnccc1C)CNCCOC. The van der Waals surface area contributed by atoms with Crippen LogP contribution in [-0.2, 0) is 4.74 Å². The molecule has 1 heterocycles. The fourth-order valence-corrected chi connectivity index (χ4v) is 1.55. The summed E-state index contributed by atoms with van der Waals surface area (Å²) in [6.07, 6.45) is 7.02. The number of nitrogens with one attached hydrogen (secondary N) is 1. The van der Waals surface area contributed by atoms with Crippen molar-refractivity contribution in [3.05, 3.63) is 35.2 Å². The Labute approximate surface area is 104 Å². The molecule has 0 saturated carbocycles. The first kappa shape index (κ1) is 13.9. The summed E-state index contributed by atoms with van der Waals surface area (Å²) in [5.74, 6) is 0. The summed E-state index contributed by atoms with van der Waals surface area (Å²) in [4.78, 5) is 4.16. The predicted octanol–water partition coefficient (Wildman–Crippen LogP) is 2.42. The van der Waals surface area contributed by atoms with Gasteiger partial charge in [-0.05, 0) is 30.5 Å². The van der Waals surface area contributed by atoms with Crippen LogP contribution in [0.25, 0.3) is 6.08 Å². The van der Waals surface area contributed by atoms with E-state index in [0.717, 1.165) is 26.1 Å². The molecule has 0 aliphatic carbocycles. The van der Waals surface area contributed by atoms with Crippen LogP contribution < -0.4 is 5.32 Å². The summed E-state index contributed by atoms with van der Waals surface area (Å²) in [6, 6.07) is 2.04. The Hall–Kier alpha value is -1.19. The van der Waals surface area contributed by atoms with Crippen LogP contribution in [0.2, 0.25) is 0 Å². The van der Waals surface area contributed by atoms with Crippen LogP contribution in [0.1, 0.15) is 24.5 Å². The molecular formula is C14H22N2O. The lowest BCUT2D eigenvalue weighted by atomic mass is 10.1. The van der Waals surface area contributed by atoms with Gasteiger partial charge in [-0.25, -0.2) is 0 Å². The number of aryl methyl sites for hydroxylation is 1. The standard InChI is InChI=1S/C14H22N2O/c1-4-13(10-16-7-8-17-3)9-14-11-15-6-5-12(14)2/h5-6,9,11,16H,4,7-8,10H2,1-3H3/b13-9-. The van der Waals surface area contributed by atoms with Gasteiger partial charge in [0.2, 0.25) is 0 Å². The van der Waals surface area contributed by atoms with Gasteiger partial charge in [0.1, 0.15) is 0 Å². The monoisotopic (exact) mass is 234 g/mol. The number of nitrogens with zero attached hydrogens (tertiary/aromatic N) is 1. The highest BCUT2D eigenvalue weighted by Gasteiger charge is 1.98. The van der Waals surface area contributed by atoms with Gasteiger partial charge in [-0.15, -0.1) is 0 Å². The molecule has 0 saturated heterocycles. The maximum atomic E-state index is 5.00. The highest BCUT2D eigenvalue weighted by molar-refractivity contribution is 5.55. The smallest absolute Gasteiger partial charge is 0.0587 e. The Morgan fingerprint density at radius 2 is 2.35 bits per heavy atom. The molecule has 0 aliphatic rings. The highest BCUT2D eigenvalue weighted by atomic mass is 16.5. The number of aromatic nitrogens is 1. The molecule has 0 amide bonds. The van der Waals surface area contributed by atoms with Crippen LogP contribution in [0.4, 0.5) is 0 Å². The average molecular weight is 234 g/mol. The average Bonchev–Trinajstić information content (AvgIpc) is 2.35. The second kappa shape index (κ2) is 7.98. The Morgan fingerprint density at radius 3 is 3.00 bits per heavy atom. The lowest BCUT2D eigenvalue weighted by molar-refractivity contribution is 0.200. The minimum Gasteiger partial charge on any atom is -0.383 e. The van der Waals surface area contributed by atoms with E-state index in [2.05, 4.69) is 30.2 Å². The van der Waals surface area contributed by atoms with Gasteiger partial charge in [0.15, 0.2) is 0 Å². The Balaban J connectivity index is 2.57. The first-order chi connectivity index (χ1) is 8.27. The molecule has 17 heavy (non-hydrogen) atoms. The van der Waals surface area contributed by atoms with Crippen molar-refractivity contribution in [2.24, 2.45) is 0 Å². The van der Waals surface area contributed by atoms with Gasteiger partial charge >= 0.3 is 0 Å². The molecule has 94 valence electrons. The molecule has 1 rings (SSSR count). The zero-order valence-corrected chi connectivity index (χ0v) is 11.0. The Kier molecular flexibility index (Phi) is 6.51. The summed E-state index contributed by atoms with van der Waals surface area (Å²) in [5, 5.41) is 3.36. The third-order valence-electron chi connectivity index (χ3n) is 2.73. The number of pyridine rings is 1. The van der Waals surface area contributed by atoms with Crippen molar-refractivity contribution in [2.45, 2.75) is 20.3 Å². The van der Waals surface area contributed by atoms with Crippen molar-refractivity contribution >= 4 is 6.08 Å². The first-order valence-electron chi connectivity index (χ1n) is 6.07. The van der Waals surface area contributed by atoms with E-state index in [1.807, 2.05) is 18.5 Å². The molecule has 0 unspecified atom stereocenters. The van der Waals surface area contributed by atoms with E-state index >= 15 is 0 Å². The number of hydrogen-bond donors (Lipinski definition) is 1. The summed E-state index contributed by atoms with van der Waals surface area (Å²) >= 11 is 0. The number of rotatable bonds is 7. The first-order valence-corrected chi connectivity index (χ1v) is 6.07. The quantitative estimate of drug-likeness (QED) is 0.736. The Bertz CT molecular complexity index is 361. The number of methoxy groups -OCH3 is 1. The van der Waals surface area contributed by atoms with E-state index in [1.165, 1.54) is 16.7 Å². The van der Waals surface area contributed by atoms with Gasteiger partial charge in [0.25, 0.3) is 0 Å². The van der Waals surface area contributed by atoms with Crippen molar-refractivity contribution in [3.8, 4) is 0 Å². The van der Waals surface area contributed by atoms with E-state index < -0.39 is 0 Å². The summed E-state index contributed by atoms with van der Waals surface area (Å²) < 4.78 is 5.00. The molecule has 0 spiro atoms. The maximum absolute atomic E-state index is 5.00. The van der Waals surface area contributed by atoms with E-state index in [9.17, 15) is 0 Å². The molecule has 0 atom stereocenters.